The molecule has 5 nitrogen and oxygen atoms in total. The summed E-state index contributed by atoms with van der Waals surface area (Å²) in [5.41, 5.74) is 4.04. The molecule has 0 saturated heterocycles. The van der Waals surface area contributed by atoms with Crippen LogP contribution in [0.15, 0.2) is 60.9 Å². The highest BCUT2D eigenvalue weighted by molar-refractivity contribution is 5.88. The molecule has 3 aromatic rings. The summed E-state index contributed by atoms with van der Waals surface area (Å²) in [6.07, 6.45) is 3.65. The van der Waals surface area contributed by atoms with Crippen LogP contribution in [0.3, 0.4) is 0 Å². The number of hydrogen-bond acceptors (Lipinski definition) is 3. The maximum atomic E-state index is 11.0. The van der Waals surface area contributed by atoms with Crippen molar-refractivity contribution in [1.29, 1.82) is 0 Å². The predicted octanol–water partition coefficient (Wildman–Crippen LogP) is 3.28. The average molecular weight is 293 g/mol. The fourth-order valence-electron chi connectivity index (χ4n) is 2.22. The van der Waals surface area contributed by atoms with Crippen LogP contribution < -0.4 is 5.32 Å². The van der Waals surface area contributed by atoms with E-state index >= 15 is 0 Å². The molecule has 0 spiro atoms. The Morgan fingerprint density at radius 3 is 2.59 bits per heavy atom. The van der Waals surface area contributed by atoms with Crippen LogP contribution in [0, 0.1) is 0 Å². The van der Waals surface area contributed by atoms with Crippen molar-refractivity contribution < 1.29 is 9.90 Å². The molecule has 5 heteroatoms. The molecule has 0 bridgehead atoms. The third-order valence-corrected chi connectivity index (χ3v) is 3.45. The topological polar surface area (TPSA) is 67.2 Å². The van der Waals surface area contributed by atoms with Crippen LogP contribution in [-0.2, 0) is 0 Å². The van der Waals surface area contributed by atoms with E-state index in [1.807, 2.05) is 43.6 Å². The highest BCUT2D eigenvalue weighted by atomic mass is 16.4. The zero-order chi connectivity index (χ0) is 15.5. The summed E-state index contributed by atoms with van der Waals surface area (Å²) < 4.78 is 1.67. The Balaban J connectivity index is 1.93. The first-order valence-electron chi connectivity index (χ1n) is 6.84. The number of nitrogens with zero attached hydrogens (tertiary/aromatic N) is 2. The minimum Gasteiger partial charge on any atom is -0.478 e. The van der Waals surface area contributed by atoms with Gasteiger partial charge in [-0.3, -0.25) is 0 Å². The molecule has 1 heterocycles. The number of hydrogen-bond donors (Lipinski definition) is 2. The summed E-state index contributed by atoms with van der Waals surface area (Å²) in [7, 11) is 1.88. The summed E-state index contributed by atoms with van der Waals surface area (Å²) in [6.45, 7) is 0. The second kappa shape index (κ2) is 5.73. The lowest BCUT2D eigenvalue weighted by molar-refractivity contribution is 0.0697. The van der Waals surface area contributed by atoms with E-state index in [2.05, 4.69) is 10.4 Å². The van der Waals surface area contributed by atoms with Gasteiger partial charge >= 0.3 is 5.97 Å². The smallest absolute Gasteiger partial charge is 0.335 e. The predicted molar refractivity (Wildman–Crippen MR) is 85.5 cm³/mol. The first kappa shape index (κ1) is 13.9. The van der Waals surface area contributed by atoms with Crippen molar-refractivity contribution in [1.82, 2.24) is 9.78 Å². The van der Waals surface area contributed by atoms with Crippen molar-refractivity contribution in [2.75, 3.05) is 12.4 Å². The lowest BCUT2D eigenvalue weighted by Gasteiger charge is -2.03. The molecule has 3 rings (SSSR count). The van der Waals surface area contributed by atoms with Crippen molar-refractivity contribution in [3.05, 3.63) is 66.5 Å². The normalized spacial score (nSPS) is 10.4. The van der Waals surface area contributed by atoms with Crippen molar-refractivity contribution >= 4 is 11.7 Å². The highest BCUT2D eigenvalue weighted by Crippen LogP contribution is 2.22. The van der Waals surface area contributed by atoms with Gasteiger partial charge in [0.05, 0.1) is 17.4 Å². The van der Waals surface area contributed by atoms with E-state index in [0.29, 0.717) is 0 Å². The van der Waals surface area contributed by atoms with Crippen LogP contribution in [0.4, 0.5) is 5.69 Å². The van der Waals surface area contributed by atoms with Crippen molar-refractivity contribution in [3.8, 4) is 16.8 Å². The summed E-state index contributed by atoms with van der Waals surface area (Å²) >= 11 is 0. The fraction of sp³-hybridized carbons (Fsp3) is 0.0588. The molecule has 0 amide bonds. The Bertz CT molecular complexity index is 807. The monoisotopic (exact) mass is 293 g/mol. The number of carbonyl (C=O) groups is 1. The van der Waals surface area contributed by atoms with E-state index in [1.54, 1.807) is 29.1 Å². The first-order valence-corrected chi connectivity index (χ1v) is 6.84. The fourth-order valence-corrected chi connectivity index (χ4v) is 2.22. The maximum Gasteiger partial charge on any atom is 0.335 e. The Morgan fingerprint density at radius 2 is 1.91 bits per heavy atom. The summed E-state index contributed by atoms with van der Waals surface area (Å²) in [4.78, 5) is 11.0. The van der Waals surface area contributed by atoms with Gasteiger partial charge in [-0.15, -0.1) is 0 Å². The molecule has 0 fully saturated rings. The van der Waals surface area contributed by atoms with Crippen LogP contribution in [0.1, 0.15) is 10.4 Å². The molecule has 110 valence electrons. The number of aromatic carboxylic acids is 1. The van der Waals surface area contributed by atoms with E-state index in [-0.39, 0.29) is 5.56 Å². The number of nitrogens with one attached hydrogen (secondary N) is 1. The van der Waals surface area contributed by atoms with Gasteiger partial charge in [-0.25, -0.2) is 9.48 Å². The Labute approximate surface area is 127 Å². The second-order valence-electron chi connectivity index (χ2n) is 4.86. The number of aromatic nitrogens is 2. The molecule has 2 aromatic carbocycles. The lowest BCUT2D eigenvalue weighted by atomic mass is 10.1. The van der Waals surface area contributed by atoms with Gasteiger partial charge in [0, 0.05) is 24.5 Å². The standard InChI is InChI=1S/C17H15N3O2/c1-18-15-7-5-12(6-8-15)14-10-19-20(11-14)16-4-2-3-13(9-16)17(21)22/h2-11,18H,1H3,(H,21,22). The molecule has 22 heavy (non-hydrogen) atoms. The van der Waals surface area contributed by atoms with E-state index in [1.165, 1.54) is 0 Å². The molecule has 0 radical (unpaired) electrons. The Morgan fingerprint density at radius 1 is 1.14 bits per heavy atom. The number of rotatable bonds is 4. The van der Waals surface area contributed by atoms with E-state index in [9.17, 15) is 4.79 Å². The van der Waals surface area contributed by atoms with Crippen LogP contribution >= 0.6 is 0 Å². The molecule has 0 aliphatic heterocycles. The van der Waals surface area contributed by atoms with Crippen molar-refractivity contribution in [3.63, 3.8) is 0 Å². The zero-order valence-electron chi connectivity index (χ0n) is 12.0. The zero-order valence-corrected chi connectivity index (χ0v) is 12.0. The Kier molecular flexibility index (Phi) is 3.62. The van der Waals surface area contributed by atoms with Crippen molar-refractivity contribution in [2.24, 2.45) is 0 Å². The number of carboxylic acids is 1. The molecular formula is C17H15N3O2. The van der Waals surface area contributed by atoms with Crippen LogP contribution in [0.5, 0.6) is 0 Å². The molecule has 0 atom stereocenters. The number of anilines is 1. The van der Waals surface area contributed by atoms with E-state index in [0.717, 1.165) is 22.5 Å². The molecular weight excluding hydrogens is 278 g/mol. The molecule has 0 saturated carbocycles. The molecule has 1 aromatic heterocycles. The molecule has 2 N–H and O–H groups in total. The van der Waals surface area contributed by atoms with Crippen LogP contribution in [-0.4, -0.2) is 27.9 Å². The molecule has 0 aliphatic carbocycles. The highest BCUT2D eigenvalue weighted by Gasteiger charge is 2.07. The summed E-state index contributed by atoms with van der Waals surface area (Å²) in [5.74, 6) is -0.947. The quantitative estimate of drug-likeness (QED) is 0.774. The van der Waals surface area contributed by atoms with Gasteiger partial charge in [0.25, 0.3) is 0 Å². The minimum absolute atomic E-state index is 0.243. The minimum atomic E-state index is -0.947. The third kappa shape index (κ3) is 2.69. The van der Waals surface area contributed by atoms with Crippen LogP contribution in [0.25, 0.3) is 16.8 Å². The number of benzene rings is 2. The average Bonchev–Trinajstić information content (AvgIpc) is 3.05. The van der Waals surface area contributed by atoms with Gasteiger partial charge in [0.15, 0.2) is 0 Å². The first-order chi connectivity index (χ1) is 10.7. The largest absolute Gasteiger partial charge is 0.478 e. The molecule has 0 unspecified atom stereocenters. The second-order valence-corrected chi connectivity index (χ2v) is 4.86. The van der Waals surface area contributed by atoms with Gasteiger partial charge in [-0.05, 0) is 35.9 Å². The Hall–Kier alpha value is -3.08. The van der Waals surface area contributed by atoms with Crippen LogP contribution in [0.2, 0.25) is 0 Å². The SMILES string of the molecule is CNc1ccc(-c2cnn(-c3cccc(C(=O)O)c3)c2)cc1. The summed E-state index contributed by atoms with van der Waals surface area (Å²) in [6, 6.07) is 14.7. The molecule has 0 aliphatic rings. The summed E-state index contributed by atoms with van der Waals surface area (Å²) in [5, 5.41) is 16.4. The van der Waals surface area contributed by atoms with Gasteiger partial charge in [0.1, 0.15) is 0 Å². The number of carboxylic acid groups (broad SMARTS) is 1. The van der Waals surface area contributed by atoms with Gasteiger partial charge in [0.2, 0.25) is 0 Å². The van der Waals surface area contributed by atoms with E-state index < -0.39 is 5.97 Å². The van der Waals surface area contributed by atoms with Gasteiger partial charge in [-0.1, -0.05) is 18.2 Å². The van der Waals surface area contributed by atoms with Gasteiger partial charge < -0.3 is 10.4 Å². The van der Waals surface area contributed by atoms with E-state index in [4.69, 9.17) is 5.11 Å². The van der Waals surface area contributed by atoms with Crippen molar-refractivity contribution in [2.45, 2.75) is 0 Å². The lowest BCUT2D eigenvalue weighted by Crippen LogP contribution is -1.99. The maximum absolute atomic E-state index is 11.0. The van der Waals surface area contributed by atoms with Gasteiger partial charge in [-0.2, -0.15) is 5.10 Å². The third-order valence-electron chi connectivity index (χ3n) is 3.45.